The molecule has 0 bridgehead atoms. The molecule has 2 heteroatoms. The SMILES string of the molecule is CN1C[C@@H]2C(N)[C@@H]2C1. The molecule has 2 fully saturated rings. The van der Waals surface area contributed by atoms with Gasteiger partial charge < -0.3 is 10.6 Å². The molecule has 1 saturated heterocycles. The van der Waals surface area contributed by atoms with E-state index in [0.29, 0.717) is 6.04 Å². The summed E-state index contributed by atoms with van der Waals surface area (Å²) in [6.45, 7) is 2.48. The van der Waals surface area contributed by atoms with Crippen LogP contribution in [0.3, 0.4) is 0 Å². The number of fused-ring (bicyclic) bond motifs is 1. The van der Waals surface area contributed by atoms with Crippen molar-refractivity contribution < 1.29 is 0 Å². The highest BCUT2D eigenvalue weighted by molar-refractivity contribution is 5.07. The van der Waals surface area contributed by atoms with Crippen LogP contribution >= 0.6 is 0 Å². The molecule has 0 radical (unpaired) electrons. The highest BCUT2D eigenvalue weighted by atomic mass is 15.2. The van der Waals surface area contributed by atoms with E-state index >= 15 is 0 Å². The van der Waals surface area contributed by atoms with Gasteiger partial charge in [0.2, 0.25) is 0 Å². The van der Waals surface area contributed by atoms with E-state index < -0.39 is 0 Å². The van der Waals surface area contributed by atoms with Crippen molar-refractivity contribution in [2.45, 2.75) is 6.04 Å². The van der Waals surface area contributed by atoms with Gasteiger partial charge in [0.25, 0.3) is 0 Å². The van der Waals surface area contributed by atoms with Crippen LogP contribution in [0.2, 0.25) is 0 Å². The summed E-state index contributed by atoms with van der Waals surface area (Å²) < 4.78 is 0. The van der Waals surface area contributed by atoms with Gasteiger partial charge in [-0.15, -0.1) is 0 Å². The minimum atomic E-state index is 0.561. The highest BCUT2D eigenvalue weighted by Crippen LogP contribution is 2.42. The first-order chi connectivity index (χ1) is 3.79. The predicted molar refractivity (Wildman–Crippen MR) is 32.5 cm³/mol. The van der Waals surface area contributed by atoms with Gasteiger partial charge in [0.15, 0.2) is 0 Å². The fourth-order valence-corrected chi connectivity index (χ4v) is 1.78. The van der Waals surface area contributed by atoms with Crippen molar-refractivity contribution in [3.63, 3.8) is 0 Å². The standard InChI is InChI=1S/C6H12N2/c1-8-2-4-5(3-8)6(4)7/h4-6H,2-3,7H2,1H3/t4-,5+,6?. The molecule has 1 saturated carbocycles. The number of nitrogens with two attached hydrogens (primary N) is 1. The highest BCUT2D eigenvalue weighted by Gasteiger charge is 2.52. The molecule has 0 aromatic rings. The normalized spacial score (nSPS) is 54.0. The summed E-state index contributed by atoms with van der Waals surface area (Å²) in [4.78, 5) is 2.36. The average molecular weight is 112 g/mol. The van der Waals surface area contributed by atoms with Crippen molar-refractivity contribution in [3.8, 4) is 0 Å². The minimum Gasteiger partial charge on any atom is -0.327 e. The Morgan fingerprint density at radius 2 is 1.88 bits per heavy atom. The number of piperidine rings is 1. The molecule has 2 rings (SSSR count). The van der Waals surface area contributed by atoms with Crippen LogP contribution in [-0.4, -0.2) is 31.1 Å². The molecule has 2 aliphatic rings. The van der Waals surface area contributed by atoms with Crippen LogP contribution in [0.4, 0.5) is 0 Å². The van der Waals surface area contributed by atoms with Gasteiger partial charge in [0, 0.05) is 19.1 Å². The van der Waals surface area contributed by atoms with Gasteiger partial charge >= 0.3 is 0 Å². The topological polar surface area (TPSA) is 29.3 Å². The Labute approximate surface area is 49.7 Å². The van der Waals surface area contributed by atoms with Gasteiger partial charge in [-0.2, -0.15) is 0 Å². The fraction of sp³-hybridized carbons (Fsp3) is 1.00. The molecular formula is C6H12N2. The van der Waals surface area contributed by atoms with E-state index in [4.69, 9.17) is 5.73 Å². The zero-order valence-corrected chi connectivity index (χ0v) is 5.17. The van der Waals surface area contributed by atoms with Crippen molar-refractivity contribution in [3.05, 3.63) is 0 Å². The molecule has 0 aromatic heterocycles. The van der Waals surface area contributed by atoms with Crippen LogP contribution < -0.4 is 5.73 Å². The van der Waals surface area contributed by atoms with Crippen molar-refractivity contribution >= 4 is 0 Å². The van der Waals surface area contributed by atoms with Crippen molar-refractivity contribution in [2.75, 3.05) is 20.1 Å². The summed E-state index contributed by atoms with van der Waals surface area (Å²) in [7, 11) is 2.17. The third-order valence-electron chi connectivity index (χ3n) is 2.44. The Balaban J connectivity index is 2.00. The van der Waals surface area contributed by atoms with E-state index in [0.717, 1.165) is 11.8 Å². The number of nitrogens with zero attached hydrogens (tertiary/aromatic N) is 1. The fourth-order valence-electron chi connectivity index (χ4n) is 1.78. The van der Waals surface area contributed by atoms with Crippen LogP contribution in [0.5, 0.6) is 0 Å². The quantitative estimate of drug-likeness (QED) is 0.458. The summed E-state index contributed by atoms with van der Waals surface area (Å²) in [5.41, 5.74) is 5.71. The third kappa shape index (κ3) is 0.446. The summed E-state index contributed by atoms with van der Waals surface area (Å²) in [6.07, 6.45) is 0. The van der Waals surface area contributed by atoms with Gasteiger partial charge in [0.05, 0.1) is 0 Å². The first-order valence-electron chi connectivity index (χ1n) is 3.23. The molecule has 3 atom stereocenters. The Morgan fingerprint density at radius 1 is 1.38 bits per heavy atom. The summed E-state index contributed by atoms with van der Waals surface area (Å²) >= 11 is 0. The lowest BCUT2D eigenvalue weighted by Crippen LogP contribution is -2.24. The van der Waals surface area contributed by atoms with Gasteiger partial charge in [-0.25, -0.2) is 0 Å². The lowest BCUT2D eigenvalue weighted by molar-refractivity contribution is 0.362. The number of rotatable bonds is 0. The molecular weight excluding hydrogens is 100 g/mol. The Morgan fingerprint density at radius 3 is 2.25 bits per heavy atom. The van der Waals surface area contributed by atoms with Gasteiger partial charge in [-0.05, 0) is 18.9 Å². The molecule has 2 N–H and O–H groups in total. The Hall–Kier alpha value is -0.0800. The maximum absolute atomic E-state index is 5.71. The average Bonchev–Trinajstić information content (AvgIpc) is 2.29. The van der Waals surface area contributed by atoms with Gasteiger partial charge in [-0.3, -0.25) is 0 Å². The molecule has 46 valence electrons. The van der Waals surface area contributed by atoms with E-state index in [2.05, 4.69) is 11.9 Å². The lowest BCUT2D eigenvalue weighted by atomic mass is 10.4. The zero-order valence-electron chi connectivity index (χ0n) is 5.17. The van der Waals surface area contributed by atoms with Crippen molar-refractivity contribution in [2.24, 2.45) is 17.6 Å². The first kappa shape index (κ1) is 4.77. The van der Waals surface area contributed by atoms with E-state index in [9.17, 15) is 0 Å². The van der Waals surface area contributed by atoms with E-state index in [1.165, 1.54) is 13.1 Å². The maximum Gasteiger partial charge on any atom is 0.0127 e. The second-order valence-corrected chi connectivity index (χ2v) is 3.13. The van der Waals surface area contributed by atoms with E-state index in [1.807, 2.05) is 0 Å². The second kappa shape index (κ2) is 1.25. The van der Waals surface area contributed by atoms with Crippen LogP contribution in [0.15, 0.2) is 0 Å². The van der Waals surface area contributed by atoms with Gasteiger partial charge in [-0.1, -0.05) is 0 Å². The van der Waals surface area contributed by atoms with Crippen LogP contribution in [0, 0.1) is 11.8 Å². The number of hydrogen-bond donors (Lipinski definition) is 1. The molecule has 1 unspecified atom stereocenters. The summed E-state index contributed by atoms with van der Waals surface area (Å²) in [5.74, 6) is 1.72. The number of likely N-dealkylation sites (tertiary alicyclic amines) is 1. The molecule has 0 spiro atoms. The molecule has 1 aliphatic carbocycles. The van der Waals surface area contributed by atoms with E-state index in [-0.39, 0.29) is 0 Å². The molecule has 0 aromatic carbocycles. The van der Waals surface area contributed by atoms with E-state index in [1.54, 1.807) is 0 Å². The monoisotopic (exact) mass is 112 g/mol. The first-order valence-corrected chi connectivity index (χ1v) is 3.23. The van der Waals surface area contributed by atoms with Crippen LogP contribution in [0.25, 0.3) is 0 Å². The Kier molecular flexibility index (Phi) is 0.746. The summed E-state index contributed by atoms with van der Waals surface area (Å²) in [6, 6.07) is 0.561. The maximum atomic E-state index is 5.71. The van der Waals surface area contributed by atoms with Crippen LogP contribution in [-0.2, 0) is 0 Å². The predicted octanol–water partition coefficient (Wildman–Crippen LogP) is -0.495. The minimum absolute atomic E-state index is 0.561. The molecule has 1 aliphatic heterocycles. The van der Waals surface area contributed by atoms with Gasteiger partial charge in [0.1, 0.15) is 0 Å². The molecule has 0 amide bonds. The smallest absolute Gasteiger partial charge is 0.0127 e. The summed E-state index contributed by atoms with van der Waals surface area (Å²) in [5, 5.41) is 0. The largest absolute Gasteiger partial charge is 0.327 e. The third-order valence-corrected chi connectivity index (χ3v) is 2.44. The molecule has 2 nitrogen and oxygen atoms in total. The molecule has 8 heavy (non-hydrogen) atoms. The molecule has 1 heterocycles. The number of hydrogen-bond acceptors (Lipinski definition) is 2. The second-order valence-electron chi connectivity index (χ2n) is 3.13. The lowest BCUT2D eigenvalue weighted by Gasteiger charge is -2.09. The van der Waals surface area contributed by atoms with Crippen LogP contribution in [0.1, 0.15) is 0 Å². The van der Waals surface area contributed by atoms with Crippen molar-refractivity contribution in [1.82, 2.24) is 4.90 Å². The zero-order chi connectivity index (χ0) is 5.72. The Bertz CT molecular complexity index is 101. The van der Waals surface area contributed by atoms with Crippen molar-refractivity contribution in [1.29, 1.82) is 0 Å².